The fraction of sp³-hybridized carbons (Fsp3) is 0.150. The van der Waals surface area contributed by atoms with Crippen LogP contribution in [0.15, 0.2) is 57.5 Å². The molecule has 4 rings (SSSR count). The van der Waals surface area contributed by atoms with Gasteiger partial charge in [-0.05, 0) is 38.1 Å². The summed E-state index contributed by atoms with van der Waals surface area (Å²) in [4.78, 5) is 17.3. The second-order valence-corrected chi connectivity index (χ2v) is 5.99. The average Bonchev–Trinajstić information content (AvgIpc) is 3.27. The maximum absolute atomic E-state index is 12.7. The number of hydrogen-bond acceptors (Lipinski definition) is 6. The number of benzene rings is 1. The lowest BCUT2D eigenvalue weighted by molar-refractivity contribution is 0.0466. The third-order valence-corrected chi connectivity index (χ3v) is 3.96. The highest BCUT2D eigenvalue weighted by atomic mass is 16.5. The first-order valence-electron chi connectivity index (χ1n) is 8.16. The molecule has 0 aliphatic carbocycles. The topological polar surface area (TPSA) is 78.4 Å². The molecule has 0 saturated heterocycles. The van der Waals surface area contributed by atoms with E-state index in [4.69, 9.17) is 13.7 Å². The predicted octanol–water partition coefficient (Wildman–Crippen LogP) is 4.46. The van der Waals surface area contributed by atoms with E-state index in [2.05, 4.69) is 10.1 Å². The van der Waals surface area contributed by atoms with Crippen LogP contribution in [0.3, 0.4) is 0 Å². The molecular weight excluding hydrogens is 332 g/mol. The van der Waals surface area contributed by atoms with Gasteiger partial charge in [0, 0.05) is 11.5 Å². The van der Waals surface area contributed by atoms with Crippen molar-refractivity contribution in [2.75, 3.05) is 0 Å². The summed E-state index contributed by atoms with van der Waals surface area (Å²) >= 11 is 0. The molecule has 0 aliphatic heterocycles. The van der Waals surface area contributed by atoms with Crippen molar-refractivity contribution in [3.05, 3.63) is 71.3 Å². The van der Waals surface area contributed by atoms with Crippen LogP contribution in [0.25, 0.3) is 22.4 Å². The number of pyridine rings is 1. The molecule has 3 heterocycles. The lowest BCUT2D eigenvalue weighted by atomic mass is 10.1. The molecule has 26 heavy (non-hydrogen) atoms. The highest BCUT2D eigenvalue weighted by Gasteiger charge is 2.17. The number of rotatable bonds is 4. The summed E-state index contributed by atoms with van der Waals surface area (Å²) in [5.41, 5.74) is 2.28. The number of ether oxygens (including phenoxy) is 1. The molecule has 1 aromatic carbocycles. The summed E-state index contributed by atoms with van der Waals surface area (Å²) in [6, 6.07) is 14.5. The third-order valence-electron chi connectivity index (χ3n) is 3.96. The molecule has 130 valence electrons. The van der Waals surface area contributed by atoms with E-state index in [1.807, 2.05) is 43.3 Å². The lowest BCUT2D eigenvalue weighted by Crippen LogP contribution is -2.07. The molecule has 0 spiro atoms. The van der Waals surface area contributed by atoms with Crippen LogP contribution in [0.2, 0.25) is 0 Å². The summed E-state index contributed by atoms with van der Waals surface area (Å²) in [6.07, 6.45) is 0. The molecule has 0 bridgehead atoms. The van der Waals surface area contributed by atoms with E-state index in [0.717, 1.165) is 11.1 Å². The number of aromatic nitrogens is 2. The van der Waals surface area contributed by atoms with Crippen LogP contribution in [-0.2, 0) is 11.3 Å². The number of nitrogens with zero attached hydrogens (tertiary/aromatic N) is 2. The molecule has 0 radical (unpaired) electrons. The highest BCUT2D eigenvalue weighted by molar-refractivity contribution is 6.04. The Morgan fingerprint density at radius 1 is 1.08 bits per heavy atom. The van der Waals surface area contributed by atoms with Gasteiger partial charge in [-0.15, -0.1) is 0 Å². The fourth-order valence-electron chi connectivity index (χ4n) is 2.75. The van der Waals surface area contributed by atoms with Crippen LogP contribution in [0, 0.1) is 13.8 Å². The predicted molar refractivity (Wildman–Crippen MR) is 94.5 cm³/mol. The Kier molecular flexibility index (Phi) is 4.01. The van der Waals surface area contributed by atoms with Crippen LogP contribution in [0.5, 0.6) is 0 Å². The van der Waals surface area contributed by atoms with Gasteiger partial charge in [-0.2, -0.15) is 0 Å². The highest BCUT2D eigenvalue weighted by Crippen LogP contribution is 2.26. The maximum Gasteiger partial charge on any atom is 0.339 e. The summed E-state index contributed by atoms with van der Waals surface area (Å²) < 4.78 is 16.0. The van der Waals surface area contributed by atoms with Gasteiger partial charge in [0.05, 0.1) is 11.1 Å². The minimum atomic E-state index is -0.450. The zero-order valence-electron chi connectivity index (χ0n) is 14.4. The molecule has 0 atom stereocenters. The van der Waals surface area contributed by atoms with Crippen LogP contribution >= 0.6 is 0 Å². The van der Waals surface area contributed by atoms with Gasteiger partial charge >= 0.3 is 5.97 Å². The van der Waals surface area contributed by atoms with E-state index in [9.17, 15) is 4.79 Å². The first-order chi connectivity index (χ1) is 12.6. The lowest BCUT2D eigenvalue weighted by Gasteiger charge is -2.08. The second kappa shape index (κ2) is 6.48. The van der Waals surface area contributed by atoms with Crippen molar-refractivity contribution >= 4 is 16.9 Å². The van der Waals surface area contributed by atoms with Gasteiger partial charge in [0.1, 0.15) is 29.5 Å². The van der Waals surface area contributed by atoms with Crippen molar-refractivity contribution in [3.63, 3.8) is 0 Å². The van der Waals surface area contributed by atoms with E-state index in [1.54, 1.807) is 19.1 Å². The number of fused-ring (bicyclic) bond motifs is 1. The Morgan fingerprint density at radius 2 is 1.92 bits per heavy atom. The van der Waals surface area contributed by atoms with Crippen LogP contribution in [-0.4, -0.2) is 16.1 Å². The molecule has 3 aromatic heterocycles. The summed E-state index contributed by atoms with van der Waals surface area (Å²) in [7, 11) is 0. The Balaban J connectivity index is 1.71. The average molecular weight is 348 g/mol. The van der Waals surface area contributed by atoms with Crippen molar-refractivity contribution in [2.24, 2.45) is 0 Å². The molecule has 4 aromatic rings. The Hall–Kier alpha value is -3.41. The van der Waals surface area contributed by atoms with Crippen molar-refractivity contribution in [1.82, 2.24) is 10.1 Å². The van der Waals surface area contributed by atoms with E-state index in [-0.39, 0.29) is 6.61 Å². The Labute approximate surface area is 149 Å². The second-order valence-electron chi connectivity index (χ2n) is 5.99. The fourth-order valence-corrected chi connectivity index (χ4v) is 2.75. The minimum Gasteiger partial charge on any atom is -0.460 e. The van der Waals surface area contributed by atoms with E-state index >= 15 is 0 Å². The Morgan fingerprint density at radius 3 is 2.65 bits per heavy atom. The van der Waals surface area contributed by atoms with Gasteiger partial charge in [-0.3, -0.25) is 0 Å². The Bertz CT molecular complexity index is 1090. The van der Waals surface area contributed by atoms with Crippen molar-refractivity contribution in [3.8, 4) is 11.5 Å². The van der Waals surface area contributed by atoms with Crippen LogP contribution in [0.1, 0.15) is 27.6 Å². The maximum atomic E-state index is 12.7. The molecule has 0 amide bonds. The zero-order chi connectivity index (χ0) is 18.1. The summed E-state index contributed by atoms with van der Waals surface area (Å²) in [5, 5.41) is 4.56. The van der Waals surface area contributed by atoms with Gasteiger partial charge in [0.15, 0.2) is 5.76 Å². The standard InChI is InChI=1S/C20H16N2O4/c1-12-7-8-19(25-12)18-10-16(15-5-3-4-6-17(15)21-18)20(23)24-11-14-9-13(2)26-22-14/h3-10H,11H2,1-2H3. The normalized spacial score (nSPS) is 11.0. The van der Waals surface area contributed by atoms with Crippen molar-refractivity contribution in [2.45, 2.75) is 20.5 Å². The van der Waals surface area contributed by atoms with E-state index in [1.165, 1.54) is 0 Å². The number of hydrogen-bond donors (Lipinski definition) is 0. The van der Waals surface area contributed by atoms with Gasteiger partial charge in [-0.1, -0.05) is 23.4 Å². The quantitative estimate of drug-likeness (QED) is 0.507. The number of para-hydroxylation sites is 1. The molecule has 6 heteroatoms. The molecule has 0 unspecified atom stereocenters. The van der Waals surface area contributed by atoms with E-state index in [0.29, 0.717) is 34.0 Å². The monoisotopic (exact) mass is 348 g/mol. The third kappa shape index (κ3) is 3.09. The van der Waals surface area contributed by atoms with E-state index < -0.39 is 5.97 Å². The summed E-state index contributed by atoms with van der Waals surface area (Å²) in [6.45, 7) is 3.69. The van der Waals surface area contributed by atoms with Gasteiger partial charge < -0.3 is 13.7 Å². The number of aryl methyl sites for hydroxylation is 2. The molecule has 0 N–H and O–H groups in total. The van der Waals surface area contributed by atoms with Crippen LogP contribution < -0.4 is 0 Å². The van der Waals surface area contributed by atoms with Gasteiger partial charge in [-0.25, -0.2) is 9.78 Å². The van der Waals surface area contributed by atoms with Gasteiger partial charge in [0.2, 0.25) is 0 Å². The smallest absolute Gasteiger partial charge is 0.339 e. The first-order valence-corrected chi connectivity index (χ1v) is 8.16. The van der Waals surface area contributed by atoms with Crippen LogP contribution in [0.4, 0.5) is 0 Å². The largest absolute Gasteiger partial charge is 0.460 e. The first kappa shape index (κ1) is 16.1. The number of furan rings is 1. The zero-order valence-corrected chi connectivity index (χ0v) is 14.4. The summed E-state index contributed by atoms with van der Waals surface area (Å²) in [5.74, 6) is 1.60. The molecular formula is C20H16N2O4. The molecule has 0 fully saturated rings. The molecule has 0 aliphatic rings. The minimum absolute atomic E-state index is 0.0437. The SMILES string of the molecule is Cc1cc(COC(=O)c2cc(-c3ccc(C)o3)nc3ccccc23)no1. The number of carbonyl (C=O) groups is 1. The molecule has 6 nitrogen and oxygen atoms in total. The van der Waals surface area contributed by atoms with Crippen molar-refractivity contribution < 1.29 is 18.5 Å². The van der Waals surface area contributed by atoms with Gasteiger partial charge in [0.25, 0.3) is 0 Å². The number of carbonyl (C=O) groups excluding carboxylic acids is 1. The van der Waals surface area contributed by atoms with Crippen molar-refractivity contribution in [1.29, 1.82) is 0 Å². The number of esters is 1. The molecule has 0 saturated carbocycles.